The maximum absolute atomic E-state index is 12.5. The molecular formula is C20H21ClN4O4S. The fraction of sp³-hybridized carbons (Fsp3) is 0.300. The van der Waals surface area contributed by atoms with Crippen LogP contribution in [0, 0.1) is 6.92 Å². The molecule has 3 rings (SSSR count). The molecule has 0 spiro atoms. The number of hydrogen-bond donors (Lipinski definition) is 2. The molecule has 30 heavy (non-hydrogen) atoms. The average Bonchev–Trinajstić information content (AvgIpc) is 3.25. The summed E-state index contributed by atoms with van der Waals surface area (Å²) in [5, 5.41) is 10.6. The van der Waals surface area contributed by atoms with Crippen LogP contribution < -0.4 is 10.6 Å². The van der Waals surface area contributed by atoms with Gasteiger partial charge in [0.15, 0.2) is 6.10 Å². The van der Waals surface area contributed by atoms with Crippen molar-refractivity contribution >= 4 is 51.1 Å². The highest BCUT2D eigenvalue weighted by Gasteiger charge is 2.23. The summed E-state index contributed by atoms with van der Waals surface area (Å²) in [5.41, 5.74) is 1.81. The first-order valence-electron chi connectivity index (χ1n) is 9.29. The van der Waals surface area contributed by atoms with Gasteiger partial charge in [-0.25, -0.2) is 9.59 Å². The molecule has 0 saturated heterocycles. The predicted molar refractivity (Wildman–Crippen MR) is 115 cm³/mol. The van der Waals surface area contributed by atoms with Crippen LogP contribution in [-0.4, -0.2) is 40.3 Å². The number of rotatable bonds is 6. The second-order valence-corrected chi connectivity index (χ2v) is 8.06. The summed E-state index contributed by atoms with van der Waals surface area (Å²) in [6.07, 6.45) is -1.11. The van der Waals surface area contributed by atoms with E-state index in [1.165, 1.54) is 18.3 Å². The minimum absolute atomic E-state index is 0.355. The minimum atomic E-state index is -1.11. The average molecular weight is 449 g/mol. The molecule has 0 aliphatic rings. The van der Waals surface area contributed by atoms with Gasteiger partial charge in [-0.15, -0.1) is 11.3 Å². The molecule has 0 radical (unpaired) electrons. The van der Waals surface area contributed by atoms with E-state index in [0.29, 0.717) is 23.0 Å². The Labute approximate surface area is 182 Å². The van der Waals surface area contributed by atoms with Crippen LogP contribution in [0.1, 0.15) is 34.8 Å². The standard InChI is InChI=1S/C20H21ClN4O4S/c1-4-22-20(28)23-17(26)12(3)29-19(27)16-9-15-11(2)24-25(18(15)30-16)10-13-5-7-14(21)8-6-13/h5-9,12H,4,10H2,1-3H3,(H2,22,23,26,28)/t12-/m1/s1. The molecule has 3 aromatic rings. The van der Waals surface area contributed by atoms with Crippen molar-refractivity contribution in [1.29, 1.82) is 0 Å². The van der Waals surface area contributed by atoms with E-state index in [4.69, 9.17) is 16.3 Å². The molecule has 0 aliphatic heterocycles. The number of amides is 3. The van der Waals surface area contributed by atoms with Crippen molar-refractivity contribution in [3.8, 4) is 0 Å². The second-order valence-electron chi connectivity index (χ2n) is 6.60. The second kappa shape index (κ2) is 9.27. The topological polar surface area (TPSA) is 102 Å². The third kappa shape index (κ3) is 4.98. The molecule has 3 amide bonds. The van der Waals surface area contributed by atoms with E-state index in [1.807, 2.05) is 35.9 Å². The number of hydrogen-bond acceptors (Lipinski definition) is 6. The van der Waals surface area contributed by atoms with Crippen LogP contribution in [0.3, 0.4) is 0 Å². The van der Waals surface area contributed by atoms with Gasteiger partial charge >= 0.3 is 12.0 Å². The van der Waals surface area contributed by atoms with Crippen molar-refractivity contribution in [2.24, 2.45) is 0 Å². The molecule has 1 atom stereocenters. The van der Waals surface area contributed by atoms with Gasteiger partial charge in [-0.1, -0.05) is 23.7 Å². The number of carbonyl (C=O) groups excluding carboxylic acids is 3. The summed E-state index contributed by atoms with van der Waals surface area (Å²) in [6, 6.07) is 8.54. The lowest BCUT2D eigenvalue weighted by atomic mass is 10.2. The van der Waals surface area contributed by atoms with E-state index in [1.54, 1.807) is 13.0 Å². The Bertz CT molecular complexity index is 1090. The summed E-state index contributed by atoms with van der Waals surface area (Å²) >= 11 is 7.18. The lowest BCUT2D eigenvalue weighted by molar-refractivity contribution is -0.127. The number of thiophene rings is 1. The van der Waals surface area contributed by atoms with Crippen molar-refractivity contribution in [2.45, 2.75) is 33.4 Å². The smallest absolute Gasteiger partial charge is 0.349 e. The van der Waals surface area contributed by atoms with Crippen LogP contribution in [0.15, 0.2) is 30.3 Å². The Morgan fingerprint density at radius 2 is 1.97 bits per heavy atom. The zero-order chi connectivity index (χ0) is 21.8. The van der Waals surface area contributed by atoms with Gasteiger partial charge in [-0.3, -0.25) is 14.8 Å². The predicted octanol–water partition coefficient (Wildman–Crippen LogP) is 3.50. The summed E-state index contributed by atoms with van der Waals surface area (Å²) < 4.78 is 7.04. The van der Waals surface area contributed by atoms with E-state index in [0.717, 1.165) is 21.5 Å². The molecule has 2 N–H and O–H groups in total. The molecule has 0 bridgehead atoms. The van der Waals surface area contributed by atoms with Crippen LogP contribution in [-0.2, 0) is 16.1 Å². The fourth-order valence-electron chi connectivity index (χ4n) is 2.77. The lowest BCUT2D eigenvalue weighted by Crippen LogP contribution is -2.44. The SMILES string of the molecule is CCNC(=O)NC(=O)[C@@H](C)OC(=O)c1cc2c(C)nn(Cc3ccc(Cl)cc3)c2s1. The summed E-state index contributed by atoms with van der Waals surface area (Å²) in [5.74, 6) is -1.33. The molecular weight excluding hydrogens is 428 g/mol. The monoisotopic (exact) mass is 448 g/mol. The highest BCUT2D eigenvalue weighted by Crippen LogP contribution is 2.29. The van der Waals surface area contributed by atoms with Crippen molar-refractivity contribution in [3.63, 3.8) is 0 Å². The quantitative estimate of drug-likeness (QED) is 0.562. The third-order valence-corrected chi connectivity index (χ3v) is 5.66. The maximum atomic E-state index is 12.5. The molecule has 8 nitrogen and oxygen atoms in total. The molecule has 0 unspecified atom stereocenters. The Hall–Kier alpha value is -2.91. The third-order valence-electron chi connectivity index (χ3n) is 4.28. The molecule has 2 heterocycles. The Balaban J connectivity index is 1.73. The van der Waals surface area contributed by atoms with Crippen molar-refractivity contribution in [3.05, 3.63) is 51.5 Å². The number of carbonyl (C=O) groups is 3. The number of nitrogens with zero attached hydrogens (tertiary/aromatic N) is 2. The molecule has 2 aromatic heterocycles. The van der Waals surface area contributed by atoms with E-state index < -0.39 is 24.0 Å². The number of aromatic nitrogens is 2. The first kappa shape index (κ1) is 21.8. The molecule has 10 heteroatoms. The van der Waals surface area contributed by atoms with Crippen molar-refractivity contribution in [2.75, 3.05) is 6.54 Å². The number of nitrogens with one attached hydrogen (secondary N) is 2. The number of ether oxygens (including phenoxy) is 1. The van der Waals surface area contributed by atoms with Gasteiger partial charge in [-0.2, -0.15) is 5.10 Å². The van der Waals surface area contributed by atoms with Gasteiger partial charge in [0.1, 0.15) is 9.71 Å². The molecule has 158 valence electrons. The number of benzene rings is 1. The van der Waals surface area contributed by atoms with Gasteiger partial charge in [-0.05, 0) is 44.5 Å². The Morgan fingerprint density at radius 3 is 2.63 bits per heavy atom. The van der Waals surface area contributed by atoms with Crippen LogP contribution >= 0.6 is 22.9 Å². The van der Waals surface area contributed by atoms with Crippen molar-refractivity contribution in [1.82, 2.24) is 20.4 Å². The van der Waals surface area contributed by atoms with Gasteiger partial charge in [0.2, 0.25) is 0 Å². The Morgan fingerprint density at radius 1 is 1.27 bits per heavy atom. The van der Waals surface area contributed by atoms with E-state index in [2.05, 4.69) is 15.7 Å². The van der Waals surface area contributed by atoms with Crippen LogP contribution in [0.2, 0.25) is 5.02 Å². The zero-order valence-electron chi connectivity index (χ0n) is 16.7. The van der Waals surface area contributed by atoms with Crippen LogP contribution in [0.5, 0.6) is 0 Å². The Kier molecular flexibility index (Phi) is 6.73. The number of urea groups is 1. The van der Waals surface area contributed by atoms with Gasteiger partial charge in [0, 0.05) is 17.0 Å². The molecule has 0 saturated carbocycles. The molecule has 0 fully saturated rings. The number of aryl methyl sites for hydroxylation is 1. The minimum Gasteiger partial charge on any atom is -0.448 e. The highest BCUT2D eigenvalue weighted by atomic mass is 35.5. The fourth-order valence-corrected chi connectivity index (χ4v) is 3.94. The summed E-state index contributed by atoms with van der Waals surface area (Å²) in [4.78, 5) is 37.1. The van der Waals surface area contributed by atoms with Gasteiger partial charge < -0.3 is 10.1 Å². The van der Waals surface area contributed by atoms with E-state index >= 15 is 0 Å². The van der Waals surface area contributed by atoms with E-state index in [-0.39, 0.29) is 0 Å². The van der Waals surface area contributed by atoms with Crippen LogP contribution in [0.4, 0.5) is 4.79 Å². The summed E-state index contributed by atoms with van der Waals surface area (Å²) in [6.45, 7) is 5.91. The normalized spacial score (nSPS) is 11.9. The number of fused-ring (bicyclic) bond motifs is 1. The maximum Gasteiger partial charge on any atom is 0.349 e. The van der Waals surface area contributed by atoms with Gasteiger partial charge in [0.25, 0.3) is 5.91 Å². The molecule has 1 aromatic carbocycles. The first-order valence-corrected chi connectivity index (χ1v) is 10.5. The first-order chi connectivity index (χ1) is 14.3. The van der Waals surface area contributed by atoms with Crippen LogP contribution in [0.25, 0.3) is 10.2 Å². The lowest BCUT2D eigenvalue weighted by Gasteiger charge is -2.12. The van der Waals surface area contributed by atoms with E-state index in [9.17, 15) is 14.4 Å². The van der Waals surface area contributed by atoms with Crippen molar-refractivity contribution < 1.29 is 19.1 Å². The number of halogens is 1. The molecule has 0 aliphatic carbocycles. The largest absolute Gasteiger partial charge is 0.448 e. The number of imide groups is 1. The zero-order valence-corrected chi connectivity index (χ0v) is 18.3. The number of esters is 1. The van der Waals surface area contributed by atoms with Gasteiger partial charge in [0.05, 0.1) is 12.2 Å². The highest BCUT2D eigenvalue weighted by molar-refractivity contribution is 7.20. The summed E-state index contributed by atoms with van der Waals surface area (Å²) in [7, 11) is 0.